The number of carbonyl (C=O) groups excluding carboxylic acids is 1. The van der Waals surface area contributed by atoms with Gasteiger partial charge in [0.1, 0.15) is 5.75 Å². The number of hydrogen-bond acceptors (Lipinski definition) is 3. The third-order valence-electron chi connectivity index (χ3n) is 3.40. The number of rotatable bonds is 5. The summed E-state index contributed by atoms with van der Waals surface area (Å²) in [5.41, 5.74) is 2.14. The van der Waals surface area contributed by atoms with Crippen molar-refractivity contribution in [1.82, 2.24) is 5.32 Å². The Labute approximate surface area is 114 Å². The van der Waals surface area contributed by atoms with Gasteiger partial charge in [-0.3, -0.25) is 4.79 Å². The summed E-state index contributed by atoms with van der Waals surface area (Å²) >= 11 is 0. The fourth-order valence-corrected chi connectivity index (χ4v) is 2.25. The van der Waals surface area contributed by atoms with E-state index in [1.165, 1.54) is 5.56 Å². The zero-order valence-corrected chi connectivity index (χ0v) is 11.7. The standard InChI is InChI=1S/C15H22N2O2/c1-3-16-9-4-5-12-6-7-14-13(11-12)17(2)15(18)8-10-19-14/h6-7,11,16H,3-5,8-10H2,1-2H3. The third kappa shape index (κ3) is 3.47. The van der Waals surface area contributed by atoms with Gasteiger partial charge in [-0.25, -0.2) is 0 Å². The molecule has 0 atom stereocenters. The van der Waals surface area contributed by atoms with Gasteiger partial charge >= 0.3 is 0 Å². The lowest BCUT2D eigenvalue weighted by Gasteiger charge is -2.17. The zero-order chi connectivity index (χ0) is 13.7. The van der Waals surface area contributed by atoms with Crippen LogP contribution in [0.3, 0.4) is 0 Å². The monoisotopic (exact) mass is 262 g/mol. The average Bonchev–Trinajstić information content (AvgIpc) is 2.56. The van der Waals surface area contributed by atoms with Crippen molar-refractivity contribution in [2.75, 3.05) is 31.6 Å². The highest BCUT2D eigenvalue weighted by atomic mass is 16.5. The molecule has 0 radical (unpaired) electrons. The second kappa shape index (κ2) is 6.57. The van der Waals surface area contributed by atoms with Crippen molar-refractivity contribution in [3.8, 4) is 5.75 Å². The molecule has 1 aliphatic heterocycles. The van der Waals surface area contributed by atoms with Crippen LogP contribution >= 0.6 is 0 Å². The second-order valence-corrected chi connectivity index (χ2v) is 4.81. The summed E-state index contributed by atoms with van der Waals surface area (Å²) in [6.45, 7) is 4.62. The number of benzene rings is 1. The van der Waals surface area contributed by atoms with E-state index >= 15 is 0 Å². The van der Waals surface area contributed by atoms with E-state index in [4.69, 9.17) is 4.74 Å². The summed E-state index contributed by atoms with van der Waals surface area (Å²) in [7, 11) is 1.82. The van der Waals surface area contributed by atoms with Crippen LogP contribution in [0.1, 0.15) is 25.3 Å². The quantitative estimate of drug-likeness (QED) is 0.825. The molecule has 0 unspecified atom stereocenters. The molecule has 0 aromatic heterocycles. The van der Waals surface area contributed by atoms with Crippen molar-refractivity contribution in [3.05, 3.63) is 23.8 Å². The first-order valence-corrected chi connectivity index (χ1v) is 6.95. The van der Waals surface area contributed by atoms with Crippen molar-refractivity contribution >= 4 is 11.6 Å². The van der Waals surface area contributed by atoms with E-state index in [1.807, 2.05) is 13.1 Å². The summed E-state index contributed by atoms with van der Waals surface area (Å²) in [6.07, 6.45) is 2.56. The molecule has 0 bridgehead atoms. The van der Waals surface area contributed by atoms with E-state index in [0.717, 1.165) is 37.4 Å². The number of amides is 1. The number of aryl methyl sites for hydroxylation is 1. The largest absolute Gasteiger partial charge is 0.491 e. The van der Waals surface area contributed by atoms with Crippen LogP contribution in [0, 0.1) is 0 Å². The van der Waals surface area contributed by atoms with E-state index < -0.39 is 0 Å². The fourth-order valence-electron chi connectivity index (χ4n) is 2.25. The molecule has 0 spiro atoms. The average molecular weight is 262 g/mol. The number of anilines is 1. The summed E-state index contributed by atoms with van der Waals surface area (Å²) in [5.74, 6) is 0.923. The first-order valence-electron chi connectivity index (χ1n) is 6.95. The Morgan fingerprint density at radius 2 is 2.26 bits per heavy atom. The summed E-state index contributed by atoms with van der Waals surface area (Å²) in [4.78, 5) is 13.5. The SMILES string of the molecule is CCNCCCc1ccc2c(c1)N(C)C(=O)CCO2. The molecule has 1 aliphatic rings. The number of hydrogen-bond donors (Lipinski definition) is 1. The van der Waals surface area contributed by atoms with Gasteiger partial charge in [0, 0.05) is 7.05 Å². The molecule has 0 fully saturated rings. The maximum atomic E-state index is 11.8. The lowest BCUT2D eigenvalue weighted by atomic mass is 10.1. The molecule has 4 nitrogen and oxygen atoms in total. The van der Waals surface area contributed by atoms with Gasteiger partial charge in [-0.1, -0.05) is 13.0 Å². The Hall–Kier alpha value is -1.55. The second-order valence-electron chi connectivity index (χ2n) is 4.81. The molecule has 0 aliphatic carbocycles. The fraction of sp³-hybridized carbons (Fsp3) is 0.533. The molecule has 1 heterocycles. The molecule has 104 valence electrons. The van der Waals surface area contributed by atoms with Crippen molar-refractivity contribution in [1.29, 1.82) is 0 Å². The number of fused-ring (bicyclic) bond motifs is 1. The van der Waals surface area contributed by atoms with E-state index in [0.29, 0.717) is 13.0 Å². The van der Waals surface area contributed by atoms with Gasteiger partial charge in [0.25, 0.3) is 0 Å². The highest BCUT2D eigenvalue weighted by molar-refractivity contribution is 5.95. The molecule has 0 saturated heterocycles. The normalized spacial score (nSPS) is 14.8. The van der Waals surface area contributed by atoms with Crippen LogP contribution in [0.15, 0.2) is 18.2 Å². The van der Waals surface area contributed by atoms with Crippen molar-refractivity contribution in [3.63, 3.8) is 0 Å². The third-order valence-corrected chi connectivity index (χ3v) is 3.40. The Morgan fingerprint density at radius 1 is 1.42 bits per heavy atom. The van der Waals surface area contributed by atoms with Crippen LogP contribution in [-0.4, -0.2) is 32.7 Å². The Kier molecular flexibility index (Phi) is 4.80. The van der Waals surface area contributed by atoms with Crippen molar-refractivity contribution < 1.29 is 9.53 Å². The van der Waals surface area contributed by atoms with Crippen molar-refractivity contribution in [2.45, 2.75) is 26.2 Å². The number of nitrogens with one attached hydrogen (secondary N) is 1. The number of ether oxygens (including phenoxy) is 1. The van der Waals surface area contributed by atoms with Gasteiger partial charge in [-0.15, -0.1) is 0 Å². The van der Waals surface area contributed by atoms with Crippen molar-refractivity contribution in [2.24, 2.45) is 0 Å². The predicted molar refractivity (Wildman–Crippen MR) is 76.8 cm³/mol. The minimum Gasteiger partial charge on any atom is -0.491 e. The highest BCUT2D eigenvalue weighted by Crippen LogP contribution is 2.31. The number of nitrogens with zero attached hydrogens (tertiary/aromatic N) is 1. The predicted octanol–water partition coefficient (Wildman–Crippen LogP) is 1.97. The molecule has 19 heavy (non-hydrogen) atoms. The molecule has 2 rings (SSSR count). The summed E-state index contributed by atoms with van der Waals surface area (Å²) in [6, 6.07) is 6.14. The Morgan fingerprint density at radius 3 is 3.05 bits per heavy atom. The van der Waals surface area contributed by atoms with E-state index in [-0.39, 0.29) is 5.91 Å². The van der Waals surface area contributed by atoms with Gasteiger partial charge in [-0.05, 0) is 43.6 Å². The van der Waals surface area contributed by atoms with Gasteiger partial charge in [0.05, 0.1) is 18.7 Å². The first kappa shape index (κ1) is 13.9. The van der Waals surface area contributed by atoms with Crippen LogP contribution in [0.2, 0.25) is 0 Å². The minimum absolute atomic E-state index is 0.114. The Balaban J connectivity index is 2.08. The molecule has 1 N–H and O–H groups in total. The topological polar surface area (TPSA) is 41.6 Å². The first-order chi connectivity index (χ1) is 9.22. The van der Waals surface area contributed by atoms with E-state index in [9.17, 15) is 4.79 Å². The van der Waals surface area contributed by atoms with E-state index in [1.54, 1.807) is 4.90 Å². The van der Waals surface area contributed by atoms with Gasteiger partial charge in [0.15, 0.2) is 0 Å². The van der Waals surface area contributed by atoms with Crippen LogP contribution in [-0.2, 0) is 11.2 Å². The Bertz CT molecular complexity index is 446. The molecule has 1 amide bonds. The molecular weight excluding hydrogens is 240 g/mol. The van der Waals surface area contributed by atoms with Gasteiger partial charge in [0.2, 0.25) is 5.91 Å². The van der Waals surface area contributed by atoms with Crippen LogP contribution in [0.25, 0.3) is 0 Å². The van der Waals surface area contributed by atoms with Gasteiger partial charge in [-0.2, -0.15) is 0 Å². The van der Waals surface area contributed by atoms with Gasteiger partial charge < -0.3 is 15.0 Å². The molecule has 1 aromatic carbocycles. The molecular formula is C15H22N2O2. The van der Waals surface area contributed by atoms with E-state index in [2.05, 4.69) is 24.4 Å². The smallest absolute Gasteiger partial charge is 0.230 e. The number of carbonyl (C=O) groups is 1. The molecule has 0 saturated carbocycles. The van der Waals surface area contributed by atoms with Crippen LogP contribution in [0.5, 0.6) is 5.75 Å². The maximum Gasteiger partial charge on any atom is 0.230 e. The molecule has 1 aromatic rings. The summed E-state index contributed by atoms with van der Waals surface area (Å²) in [5, 5.41) is 3.32. The maximum absolute atomic E-state index is 11.8. The summed E-state index contributed by atoms with van der Waals surface area (Å²) < 4.78 is 5.61. The highest BCUT2D eigenvalue weighted by Gasteiger charge is 2.19. The minimum atomic E-state index is 0.114. The van der Waals surface area contributed by atoms with Crippen LogP contribution in [0.4, 0.5) is 5.69 Å². The molecule has 4 heteroatoms. The lowest BCUT2D eigenvalue weighted by molar-refractivity contribution is -0.118. The lowest BCUT2D eigenvalue weighted by Crippen LogP contribution is -2.25. The van der Waals surface area contributed by atoms with Crippen LogP contribution < -0.4 is 15.0 Å². The zero-order valence-electron chi connectivity index (χ0n) is 11.7.